The second-order valence-corrected chi connectivity index (χ2v) is 41.1. The zero-order valence-corrected chi connectivity index (χ0v) is 78.9. The predicted octanol–water partition coefficient (Wildman–Crippen LogP) is 8.80. The van der Waals surface area contributed by atoms with Crippen molar-refractivity contribution in [3.63, 3.8) is 0 Å². The van der Waals surface area contributed by atoms with Gasteiger partial charge in [-0.15, -0.1) is 24.0 Å². The Labute approximate surface area is 773 Å². The number of unbranched alkanes of at least 4 members (excludes halogenated alkanes) is 2. The Morgan fingerprint density at radius 3 is 2.07 bits per heavy atom. The van der Waals surface area contributed by atoms with Crippen LogP contribution in [0, 0.1) is 27.1 Å². The third-order valence-electron chi connectivity index (χ3n) is 19.2. The molecule has 0 amide bonds. The van der Waals surface area contributed by atoms with E-state index in [1.807, 2.05) is 86.1 Å². The number of rotatable bonds is 28. The molecule has 13 atom stereocenters. The number of nitrogens with one attached hydrogen (secondary N) is 3. The highest BCUT2D eigenvalue weighted by molar-refractivity contribution is 8.03. The van der Waals surface area contributed by atoms with Gasteiger partial charge in [-0.3, -0.25) is 23.2 Å². The van der Waals surface area contributed by atoms with Crippen LogP contribution in [-0.2, 0) is 89.3 Å². The summed E-state index contributed by atoms with van der Waals surface area (Å²) in [5.41, 5.74) is 20.8. The van der Waals surface area contributed by atoms with Crippen LogP contribution in [0.15, 0.2) is 148 Å². The van der Waals surface area contributed by atoms with Gasteiger partial charge in [-0.05, 0) is 162 Å². The third kappa shape index (κ3) is 29.4. The summed E-state index contributed by atoms with van der Waals surface area (Å²) >= 11 is 29.8. The number of thioether (sulfide) groups is 1. The maximum absolute atomic E-state index is 12.0. The summed E-state index contributed by atoms with van der Waals surface area (Å²) in [4.78, 5) is 112. The van der Waals surface area contributed by atoms with E-state index in [0.29, 0.717) is 32.8 Å². The first-order chi connectivity index (χ1) is 60.9. The molecule has 4 aromatic carbocycles. The fourth-order valence-electron chi connectivity index (χ4n) is 13.5. The number of aliphatic imine (C=N–C) groups is 1. The van der Waals surface area contributed by atoms with E-state index in [4.69, 9.17) is 106 Å². The molecule has 19 N–H and O–H groups in total. The Kier molecular flexibility index (Phi) is 37.0. The number of fused-ring (bicyclic) bond motifs is 5. The van der Waals surface area contributed by atoms with Crippen molar-refractivity contribution < 1.29 is 130 Å². The van der Waals surface area contributed by atoms with E-state index in [-0.39, 0.29) is 44.8 Å². The molecule has 10 aromatic rings. The van der Waals surface area contributed by atoms with E-state index in [1.165, 1.54) is 44.8 Å². The Morgan fingerprint density at radius 1 is 0.792 bits per heavy atom. The average Bonchev–Trinajstić information content (AvgIpc) is 1.50. The SMILES string of the molecule is CC(C)c1ccc(S(=O)(=O)O)cc1.Cn1cc(C2c3ccc(Cl)cc3C=Cc3scnc32)c(=S)[nH]c1=O.N#CSc1cccc(NC(=S)NCCCCCC(=S)Cc2cccc(N=C=S)c2)c1.Nc1ncnc2c1ncn2[C@@H]1O[C@H](COP(=O)(O)OP(=O)(O)O)[C@@H](O)[C@H]1O.Nc1ncnc2c1ncn2[C@@]12CC1[C@H](COP(=O)(O)OP(=O)(O)OP(=O)(O)O)C(O)C2O.O=S(=O)=O. The van der Waals surface area contributed by atoms with Crippen LogP contribution in [0.5, 0.6) is 0 Å². The molecule has 0 bridgehead atoms. The monoisotopic (exact) mass is 2070 g/mol. The highest BCUT2D eigenvalue weighted by Gasteiger charge is 2.73. The predicted molar refractivity (Wildman–Crippen MR) is 484 cm³/mol. The number of nitrogens with zero attached hydrogens (tertiary/aromatic N) is 12. The number of aromatic amines is 1. The molecule has 7 heterocycles. The van der Waals surface area contributed by atoms with Gasteiger partial charge in [0.1, 0.15) is 58.1 Å². The number of phosphoric ester groups is 2. The molecule has 2 saturated carbocycles. The van der Waals surface area contributed by atoms with Crippen LogP contribution in [0.2, 0.25) is 5.02 Å². The van der Waals surface area contributed by atoms with Crippen molar-refractivity contribution in [2.24, 2.45) is 23.9 Å². The number of H-pyrrole nitrogens is 1. The molecule has 14 rings (SSSR count). The minimum Gasteiger partial charge on any atom is -0.390 e. The van der Waals surface area contributed by atoms with Crippen LogP contribution >= 0.6 is 123 Å². The molecule has 4 aliphatic rings. The first-order valence-electron chi connectivity index (χ1n) is 37.2. The van der Waals surface area contributed by atoms with E-state index in [9.17, 15) is 71.1 Å². The molecule has 7 unspecified atom stereocenters. The molecular formula is C70H79ClN17O29P5S8. The number of thiocyanates is 1. The molecule has 3 fully saturated rings. The van der Waals surface area contributed by atoms with Crippen LogP contribution in [0.3, 0.4) is 0 Å². The highest BCUT2D eigenvalue weighted by atomic mass is 35.5. The van der Waals surface area contributed by atoms with Crippen LogP contribution < -0.4 is 27.8 Å². The van der Waals surface area contributed by atoms with Crippen molar-refractivity contribution in [2.45, 2.75) is 116 Å². The van der Waals surface area contributed by atoms with Gasteiger partial charge in [0.15, 0.2) is 34.3 Å². The molecule has 6 aromatic heterocycles. The lowest BCUT2D eigenvalue weighted by atomic mass is 9.88. The van der Waals surface area contributed by atoms with Gasteiger partial charge < -0.3 is 90.7 Å². The summed E-state index contributed by atoms with van der Waals surface area (Å²) in [6, 6.07) is 27.6. The smallest absolute Gasteiger partial charge is 0.390 e. The van der Waals surface area contributed by atoms with Gasteiger partial charge in [-0.1, -0.05) is 98.8 Å². The Bertz CT molecular complexity index is 6560. The number of aryl methyl sites for hydroxylation is 1. The zero-order chi connectivity index (χ0) is 95.8. The number of phosphoric acid groups is 5. The van der Waals surface area contributed by atoms with Crippen molar-refractivity contribution in [1.82, 2.24) is 58.9 Å². The summed E-state index contributed by atoms with van der Waals surface area (Å²) in [6.45, 7) is 3.32. The first kappa shape index (κ1) is 105. The first-order valence-corrected chi connectivity index (χ1v) is 50.9. The number of thiazole rings is 1. The molecule has 130 heavy (non-hydrogen) atoms. The number of nitriles is 1. The van der Waals surface area contributed by atoms with Crippen LogP contribution in [-0.4, -0.2) is 199 Å². The number of aliphatic hydroxyl groups is 4. The number of ether oxygens (including phenoxy) is 1. The zero-order valence-electron chi connectivity index (χ0n) is 67.1. The fourth-order valence-corrected chi connectivity index (χ4v) is 20.8. The fraction of sp³-hybridized carbons (Fsp3) is 0.329. The molecule has 1 aliphatic heterocycles. The summed E-state index contributed by atoms with van der Waals surface area (Å²) in [6.07, 6.45) is 7.67. The van der Waals surface area contributed by atoms with E-state index < -0.39 is 127 Å². The van der Waals surface area contributed by atoms with Crippen molar-refractivity contribution in [3.05, 3.63) is 187 Å². The second-order valence-electron chi connectivity index (χ2n) is 28.3. The number of hydrogen-bond donors (Lipinski definition) is 17. The van der Waals surface area contributed by atoms with E-state index in [0.717, 1.165) is 116 Å². The number of halogens is 1. The Balaban J connectivity index is 0.000000185. The van der Waals surface area contributed by atoms with E-state index in [1.54, 1.807) is 36.7 Å². The molecular weight excluding hydrogens is 1990 g/mol. The topological polar surface area (TPSA) is 719 Å². The molecule has 0 spiro atoms. The standard InChI is InChI=1S/C22H22N4S4.C17H12ClN3OS2.C12H18N5O12P3.C10H15N5O10P2.C9H12O3S.O3S/c23-15-30-21-10-5-8-19(14-21)26-22(29)24-11-3-1-2-9-20(28)13-17-6-4-7-18(12-17)25-16-27;1-21-7-12(16(23)20-17(21)22)14-11-4-3-10(18)6-9(11)2-5-13-15(14)19-8-24-13;13-10-7-11(15-3-14-10)17(4-16-7)12-1-6(12)5(8(18)9(12)19)2-27-31(23,24)29-32(25,26)28-30(20,21)22;11-8-5-9(13-2-12-8)15(3-14-5)10-7(17)6(16)4(24-10)1-23-27(21,22)25-26(18,19)20;1-7(2)8-3-5-9(6-4-8)13(10,11)12;1-4(2)3/h4-8,10,12,14H,1-3,9,11,13H2,(H2,24,26,29);2-8,14H,1H3,(H,20,22,23);3-6,8-9,18-19H,1-2H2,(H,23,24)(H,25,26)(H2,13,14,15)(H2,20,21,22);2-4,6-7,10,16-17H,1H2,(H,21,22)(H2,11,12,13)(H2,18,19,20);3-7H,1-2H3,(H,10,11,12);/t;;5-,6?,8?,9?,12-;4-,6-,7-,10-;;/m..01../s1. The van der Waals surface area contributed by atoms with Crippen LogP contribution in [0.25, 0.3) is 34.5 Å². The maximum atomic E-state index is 12.0. The van der Waals surface area contributed by atoms with E-state index >= 15 is 0 Å². The van der Waals surface area contributed by atoms with E-state index in [2.05, 4.69) is 112 Å². The minimum atomic E-state index is -5.67. The number of anilines is 3. The number of aliphatic hydroxyl groups excluding tert-OH is 4. The summed E-state index contributed by atoms with van der Waals surface area (Å²) in [5.74, 6) is -0.999. The normalized spacial score (nSPS) is 20.7. The average molecular weight is 2070 g/mol. The van der Waals surface area contributed by atoms with Gasteiger partial charge in [-0.25, -0.2) is 62.5 Å². The van der Waals surface area contributed by atoms with Gasteiger partial charge in [0.2, 0.25) is 0 Å². The van der Waals surface area contributed by atoms with Gasteiger partial charge in [-0.2, -0.15) is 31.6 Å². The van der Waals surface area contributed by atoms with Gasteiger partial charge in [0, 0.05) is 53.3 Å². The molecule has 0 radical (unpaired) electrons. The third-order valence-corrected chi connectivity index (χ3v) is 28.7. The molecule has 1 saturated heterocycles. The second kappa shape index (κ2) is 45.7. The number of thiocarbonyl (C=S) groups is 3. The molecule has 46 nitrogen and oxygen atoms in total. The number of isothiocyanates is 1. The minimum absolute atomic E-state index is 0.0584. The number of aromatic nitrogens is 11. The number of imidazole rings is 2. The highest BCUT2D eigenvalue weighted by Crippen LogP contribution is 2.69. The van der Waals surface area contributed by atoms with Crippen molar-refractivity contribution in [3.8, 4) is 5.40 Å². The lowest BCUT2D eigenvalue weighted by molar-refractivity contribution is -0.0503. The summed E-state index contributed by atoms with van der Waals surface area (Å²) < 4.78 is 142. The summed E-state index contributed by atoms with van der Waals surface area (Å²) in [5, 5.41) is 62.3. The van der Waals surface area contributed by atoms with Crippen LogP contribution in [0.4, 0.5) is 23.0 Å². The Hall–Kier alpha value is -8.24. The van der Waals surface area contributed by atoms with Gasteiger partial charge in [0.25, 0.3) is 10.1 Å². The van der Waals surface area contributed by atoms with Crippen molar-refractivity contribution >= 4 is 216 Å². The van der Waals surface area contributed by atoms with Gasteiger partial charge in [0.05, 0.1) is 75.3 Å². The Morgan fingerprint density at radius 2 is 1.42 bits per heavy atom. The lowest BCUT2D eigenvalue weighted by Gasteiger charge is -2.24. The number of nitrogens with two attached hydrogens (primary N) is 2. The maximum Gasteiger partial charge on any atom is 0.490 e. The van der Waals surface area contributed by atoms with Crippen LogP contribution in [0.1, 0.15) is 102 Å². The quantitative estimate of drug-likeness (QED) is 0.00414. The number of nitrogen functional groups attached to an aromatic ring is 2. The number of hydrogen-bond acceptors (Lipinski definition) is 38. The largest absolute Gasteiger partial charge is 0.490 e. The lowest BCUT2D eigenvalue weighted by Crippen LogP contribution is -2.39. The molecule has 698 valence electrons. The van der Waals surface area contributed by atoms with Gasteiger partial charge >= 0.3 is 55.4 Å². The van der Waals surface area contributed by atoms with Crippen molar-refractivity contribution in [2.75, 3.05) is 36.5 Å². The molecule has 3 aliphatic carbocycles. The number of benzene rings is 4. The molecule has 60 heteroatoms. The van der Waals surface area contributed by atoms with Crippen molar-refractivity contribution in [1.29, 1.82) is 5.26 Å². The summed E-state index contributed by atoms with van der Waals surface area (Å²) in [7, 11) is -32.4.